The van der Waals surface area contributed by atoms with Crippen LogP contribution in [-0.2, 0) is 9.05 Å². The van der Waals surface area contributed by atoms with Gasteiger partial charge in [-0.2, -0.15) is 0 Å². The summed E-state index contributed by atoms with van der Waals surface area (Å²) >= 11 is 11.5. The standard InChI is InChI=1S/C9H8Cl3NO3S/c1-13(2)9(14)5-3-8(17(12,15)16)7(11)4-6(5)10/h3-4H,1-2H3. The topological polar surface area (TPSA) is 54.5 Å². The number of benzene rings is 1. The van der Waals surface area contributed by atoms with Crippen LogP contribution in [-0.4, -0.2) is 33.3 Å². The molecule has 0 atom stereocenters. The van der Waals surface area contributed by atoms with E-state index in [0.717, 1.165) is 6.07 Å². The van der Waals surface area contributed by atoms with Crippen LogP contribution in [0.15, 0.2) is 17.0 Å². The molecule has 0 aliphatic carbocycles. The molecular formula is C9H8Cl3NO3S. The molecule has 1 aromatic carbocycles. The molecular weight excluding hydrogens is 309 g/mol. The van der Waals surface area contributed by atoms with Gasteiger partial charge in [0.05, 0.1) is 15.6 Å². The molecule has 1 rings (SSSR count). The van der Waals surface area contributed by atoms with Crippen molar-refractivity contribution in [3.63, 3.8) is 0 Å². The van der Waals surface area contributed by atoms with E-state index < -0.39 is 15.0 Å². The minimum absolute atomic E-state index is 0.0280. The average Bonchev–Trinajstić information content (AvgIpc) is 2.14. The van der Waals surface area contributed by atoms with Gasteiger partial charge in [-0.05, 0) is 12.1 Å². The van der Waals surface area contributed by atoms with E-state index in [0.29, 0.717) is 0 Å². The molecule has 0 radical (unpaired) electrons. The summed E-state index contributed by atoms with van der Waals surface area (Å²) in [5, 5.41) is -0.0573. The molecule has 0 heterocycles. The molecule has 0 bridgehead atoms. The van der Waals surface area contributed by atoms with Crippen molar-refractivity contribution in [2.75, 3.05) is 14.1 Å². The fourth-order valence-electron chi connectivity index (χ4n) is 1.12. The van der Waals surface area contributed by atoms with Gasteiger partial charge in [0, 0.05) is 24.8 Å². The third-order valence-corrected chi connectivity index (χ3v) is 4.02. The maximum Gasteiger partial charge on any atom is 0.262 e. The maximum absolute atomic E-state index is 11.7. The smallest absolute Gasteiger partial charge is 0.262 e. The van der Waals surface area contributed by atoms with E-state index >= 15 is 0 Å². The number of amides is 1. The summed E-state index contributed by atoms with van der Waals surface area (Å²) < 4.78 is 22.4. The second-order valence-electron chi connectivity index (χ2n) is 3.40. The van der Waals surface area contributed by atoms with Crippen molar-refractivity contribution < 1.29 is 13.2 Å². The van der Waals surface area contributed by atoms with Crippen LogP contribution < -0.4 is 0 Å². The normalized spacial score (nSPS) is 11.4. The Morgan fingerprint density at radius 3 is 2.12 bits per heavy atom. The van der Waals surface area contributed by atoms with Gasteiger partial charge in [0.25, 0.3) is 15.0 Å². The number of carbonyl (C=O) groups is 1. The lowest BCUT2D eigenvalue weighted by molar-refractivity contribution is 0.0827. The van der Waals surface area contributed by atoms with Gasteiger partial charge in [-0.3, -0.25) is 4.79 Å². The molecule has 0 saturated heterocycles. The highest BCUT2D eigenvalue weighted by atomic mass is 35.7. The molecule has 8 heteroatoms. The third-order valence-electron chi connectivity index (χ3n) is 1.92. The highest BCUT2D eigenvalue weighted by Gasteiger charge is 2.21. The molecule has 1 amide bonds. The van der Waals surface area contributed by atoms with E-state index in [1.54, 1.807) is 0 Å². The summed E-state index contributed by atoms with van der Waals surface area (Å²) in [6.45, 7) is 0. The highest BCUT2D eigenvalue weighted by Crippen LogP contribution is 2.31. The Kier molecular flexibility index (Phi) is 4.30. The highest BCUT2D eigenvalue weighted by molar-refractivity contribution is 8.13. The van der Waals surface area contributed by atoms with E-state index in [1.165, 1.54) is 25.1 Å². The summed E-state index contributed by atoms with van der Waals surface area (Å²) in [6.07, 6.45) is 0. The maximum atomic E-state index is 11.7. The molecule has 0 unspecified atom stereocenters. The Hall–Kier alpha value is -0.490. The second-order valence-corrected chi connectivity index (χ2v) is 6.75. The van der Waals surface area contributed by atoms with Crippen LogP contribution in [0.1, 0.15) is 10.4 Å². The molecule has 17 heavy (non-hydrogen) atoms. The molecule has 0 N–H and O–H groups in total. The van der Waals surface area contributed by atoms with E-state index in [9.17, 15) is 13.2 Å². The lowest BCUT2D eigenvalue weighted by atomic mass is 10.2. The number of hydrogen-bond acceptors (Lipinski definition) is 3. The second kappa shape index (κ2) is 5.02. The monoisotopic (exact) mass is 315 g/mol. The minimum atomic E-state index is -4.02. The van der Waals surface area contributed by atoms with Crippen LogP contribution in [0.4, 0.5) is 0 Å². The Bertz CT molecular complexity index is 569. The van der Waals surface area contributed by atoms with E-state index in [1.807, 2.05) is 0 Å². The van der Waals surface area contributed by atoms with Gasteiger partial charge in [0.15, 0.2) is 0 Å². The van der Waals surface area contributed by atoms with Crippen LogP contribution in [0, 0.1) is 0 Å². The number of carbonyl (C=O) groups excluding carboxylic acids is 1. The Labute approximate surface area is 113 Å². The van der Waals surface area contributed by atoms with Gasteiger partial charge >= 0.3 is 0 Å². The van der Waals surface area contributed by atoms with Crippen LogP contribution in [0.5, 0.6) is 0 Å². The molecule has 0 fully saturated rings. The predicted molar refractivity (Wildman–Crippen MR) is 67.5 cm³/mol. The summed E-state index contributed by atoms with van der Waals surface area (Å²) in [7, 11) is 4.20. The zero-order chi connectivity index (χ0) is 13.4. The van der Waals surface area contributed by atoms with E-state index in [4.69, 9.17) is 33.9 Å². The molecule has 0 aliphatic rings. The Morgan fingerprint density at radius 1 is 1.18 bits per heavy atom. The zero-order valence-corrected chi connectivity index (χ0v) is 12.0. The number of halogens is 3. The first-order chi connectivity index (χ1) is 7.64. The van der Waals surface area contributed by atoms with Crippen molar-refractivity contribution in [2.45, 2.75) is 4.90 Å². The van der Waals surface area contributed by atoms with Crippen molar-refractivity contribution in [1.29, 1.82) is 0 Å². The lowest BCUT2D eigenvalue weighted by Crippen LogP contribution is -2.22. The van der Waals surface area contributed by atoms with Gasteiger partial charge in [0.1, 0.15) is 4.90 Å². The lowest BCUT2D eigenvalue weighted by Gasteiger charge is -2.12. The van der Waals surface area contributed by atoms with Gasteiger partial charge in [-0.1, -0.05) is 23.2 Å². The van der Waals surface area contributed by atoms with Gasteiger partial charge < -0.3 is 4.90 Å². The Balaban J connectivity index is 3.50. The molecule has 0 aliphatic heterocycles. The van der Waals surface area contributed by atoms with E-state index in [-0.39, 0.29) is 20.5 Å². The van der Waals surface area contributed by atoms with Crippen molar-refractivity contribution in [3.8, 4) is 0 Å². The molecule has 0 saturated carbocycles. The fraction of sp³-hybridized carbons (Fsp3) is 0.222. The van der Waals surface area contributed by atoms with Gasteiger partial charge in [0.2, 0.25) is 0 Å². The molecule has 4 nitrogen and oxygen atoms in total. The first-order valence-corrected chi connectivity index (χ1v) is 7.36. The minimum Gasteiger partial charge on any atom is -0.345 e. The van der Waals surface area contributed by atoms with Crippen LogP contribution in [0.3, 0.4) is 0 Å². The molecule has 0 spiro atoms. The fourth-order valence-corrected chi connectivity index (χ4v) is 2.94. The van der Waals surface area contributed by atoms with Crippen LogP contribution in [0.2, 0.25) is 10.0 Å². The Morgan fingerprint density at radius 2 is 1.71 bits per heavy atom. The zero-order valence-electron chi connectivity index (χ0n) is 8.87. The summed E-state index contributed by atoms with van der Waals surface area (Å²) in [6, 6.07) is 2.24. The number of hydrogen-bond donors (Lipinski definition) is 0. The van der Waals surface area contributed by atoms with Crippen molar-refractivity contribution in [3.05, 3.63) is 27.7 Å². The van der Waals surface area contributed by atoms with Crippen molar-refractivity contribution in [2.24, 2.45) is 0 Å². The van der Waals surface area contributed by atoms with Crippen LogP contribution >= 0.6 is 33.9 Å². The third kappa shape index (κ3) is 3.25. The quantitative estimate of drug-likeness (QED) is 0.788. The van der Waals surface area contributed by atoms with Gasteiger partial charge in [-0.15, -0.1) is 0 Å². The summed E-state index contributed by atoms with van der Waals surface area (Å²) in [4.78, 5) is 12.6. The summed E-state index contributed by atoms with van der Waals surface area (Å²) in [5.41, 5.74) is 0.0280. The predicted octanol–water partition coefficient (Wildman–Crippen LogP) is 2.62. The van der Waals surface area contributed by atoms with Gasteiger partial charge in [-0.25, -0.2) is 8.42 Å². The van der Waals surface area contributed by atoms with Crippen molar-refractivity contribution >= 4 is 48.8 Å². The average molecular weight is 317 g/mol. The SMILES string of the molecule is CN(C)C(=O)c1cc(S(=O)(=O)Cl)c(Cl)cc1Cl. The number of nitrogens with zero attached hydrogens (tertiary/aromatic N) is 1. The molecule has 0 aromatic heterocycles. The van der Waals surface area contributed by atoms with Crippen molar-refractivity contribution in [1.82, 2.24) is 4.90 Å². The molecule has 1 aromatic rings. The largest absolute Gasteiger partial charge is 0.345 e. The first-order valence-electron chi connectivity index (χ1n) is 4.30. The number of rotatable bonds is 2. The molecule has 94 valence electrons. The van der Waals surface area contributed by atoms with E-state index in [2.05, 4.69) is 0 Å². The summed E-state index contributed by atoms with van der Waals surface area (Å²) in [5.74, 6) is -0.437. The first kappa shape index (κ1) is 14.6. The van der Waals surface area contributed by atoms with Crippen LogP contribution in [0.25, 0.3) is 0 Å².